The molecule has 2 amide bonds. The Morgan fingerprint density at radius 1 is 1.35 bits per heavy atom. The van der Waals surface area contributed by atoms with E-state index in [1.54, 1.807) is 18.1 Å². The molecule has 0 radical (unpaired) electrons. The van der Waals surface area contributed by atoms with Crippen molar-refractivity contribution in [2.75, 3.05) is 26.8 Å². The third-order valence-corrected chi connectivity index (χ3v) is 4.31. The van der Waals surface area contributed by atoms with E-state index in [4.69, 9.17) is 15.2 Å². The van der Waals surface area contributed by atoms with Gasteiger partial charge in [0, 0.05) is 19.2 Å². The summed E-state index contributed by atoms with van der Waals surface area (Å²) in [6.07, 6.45) is 4.80. The van der Waals surface area contributed by atoms with Crippen LogP contribution in [-0.2, 0) is 9.59 Å². The first-order chi connectivity index (χ1) is 12.4. The lowest BCUT2D eigenvalue weighted by Gasteiger charge is -2.30. The molecule has 1 aliphatic rings. The number of amides is 2. The molecule has 0 spiro atoms. The molecule has 1 unspecified atom stereocenters. The normalized spacial score (nSPS) is 17.5. The summed E-state index contributed by atoms with van der Waals surface area (Å²) in [4.78, 5) is 25.4. The van der Waals surface area contributed by atoms with Crippen molar-refractivity contribution >= 4 is 17.9 Å². The second-order valence-electron chi connectivity index (χ2n) is 6.97. The highest BCUT2D eigenvalue weighted by Crippen LogP contribution is 2.29. The molecule has 0 aliphatic carbocycles. The quantitative estimate of drug-likeness (QED) is 0.757. The number of methoxy groups -OCH3 is 1. The average Bonchev–Trinajstić information content (AvgIpc) is 2.64. The first-order valence-electron chi connectivity index (χ1n) is 8.97. The molecule has 0 bridgehead atoms. The van der Waals surface area contributed by atoms with Crippen LogP contribution in [0.2, 0.25) is 0 Å². The van der Waals surface area contributed by atoms with Crippen LogP contribution in [-0.4, -0.2) is 43.5 Å². The molecule has 2 rings (SSSR count). The van der Waals surface area contributed by atoms with Crippen LogP contribution < -0.4 is 15.2 Å². The van der Waals surface area contributed by atoms with Crippen LogP contribution in [0.3, 0.4) is 0 Å². The van der Waals surface area contributed by atoms with Gasteiger partial charge in [0.05, 0.1) is 19.6 Å². The third-order valence-electron chi connectivity index (χ3n) is 4.31. The molecular weight excluding hydrogens is 332 g/mol. The second-order valence-corrected chi connectivity index (χ2v) is 6.97. The number of carbonyl (C=O) groups excluding carboxylic acids is 2. The van der Waals surface area contributed by atoms with Crippen molar-refractivity contribution in [3.05, 3.63) is 29.8 Å². The highest BCUT2D eigenvalue weighted by molar-refractivity contribution is 5.92. The zero-order chi connectivity index (χ0) is 19.1. The molecule has 26 heavy (non-hydrogen) atoms. The van der Waals surface area contributed by atoms with E-state index >= 15 is 0 Å². The number of benzene rings is 1. The largest absolute Gasteiger partial charge is 0.493 e. The van der Waals surface area contributed by atoms with E-state index < -0.39 is 0 Å². The third kappa shape index (κ3) is 5.51. The minimum Gasteiger partial charge on any atom is -0.493 e. The molecule has 1 atom stereocenters. The van der Waals surface area contributed by atoms with Gasteiger partial charge in [-0.05, 0) is 42.5 Å². The van der Waals surface area contributed by atoms with Crippen LogP contribution in [0.1, 0.15) is 32.3 Å². The number of hydrogen-bond acceptors (Lipinski definition) is 4. The molecule has 142 valence electrons. The van der Waals surface area contributed by atoms with Gasteiger partial charge in [-0.2, -0.15) is 0 Å². The lowest BCUT2D eigenvalue weighted by molar-refractivity contribution is -0.130. The molecule has 1 aromatic rings. The molecule has 6 heteroatoms. The van der Waals surface area contributed by atoms with Gasteiger partial charge in [-0.3, -0.25) is 9.59 Å². The summed E-state index contributed by atoms with van der Waals surface area (Å²) in [6, 6.07) is 5.56. The summed E-state index contributed by atoms with van der Waals surface area (Å²) in [6.45, 7) is 5.82. The molecule has 6 nitrogen and oxygen atoms in total. The fourth-order valence-electron chi connectivity index (χ4n) is 2.85. The number of nitrogens with zero attached hydrogens (tertiary/aromatic N) is 1. The zero-order valence-electron chi connectivity index (χ0n) is 15.7. The smallest absolute Gasteiger partial charge is 0.246 e. The Labute approximate surface area is 154 Å². The number of primary amides is 1. The van der Waals surface area contributed by atoms with Crippen LogP contribution >= 0.6 is 0 Å². The predicted octanol–water partition coefficient (Wildman–Crippen LogP) is 2.47. The molecule has 1 saturated heterocycles. The molecule has 0 aromatic heterocycles. The van der Waals surface area contributed by atoms with E-state index in [9.17, 15) is 9.59 Å². The molecular formula is C20H28N2O4. The topological polar surface area (TPSA) is 81.9 Å². The van der Waals surface area contributed by atoms with E-state index in [0.717, 1.165) is 18.4 Å². The van der Waals surface area contributed by atoms with Gasteiger partial charge < -0.3 is 20.1 Å². The summed E-state index contributed by atoms with van der Waals surface area (Å²) in [5.74, 6) is 1.03. The van der Waals surface area contributed by atoms with Crippen molar-refractivity contribution in [3.63, 3.8) is 0 Å². The maximum atomic E-state index is 12.4. The first kappa shape index (κ1) is 19.8. The molecule has 2 N–H and O–H groups in total. The number of piperidine rings is 1. The monoisotopic (exact) mass is 360 g/mol. The molecule has 1 heterocycles. The average molecular weight is 360 g/mol. The molecule has 1 aliphatic heterocycles. The van der Waals surface area contributed by atoms with Crippen molar-refractivity contribution in [2.24, 2.45) is 17.6 Å². The van der Waals surface area contributed by atoms with Crippen LogP contribution in [0.15, 0.2) is 24.3 Å². The lowest BCUT2D eigenvalue weighted by atomic mass is 9.97. The maximum Gasteiger partial charge on any atom is 0.246 e. The SMILES string of the molecule is COc1cc(C=CC(=O)N2CCCC(C(N)=O)C2)ccc1OCC(C)C. The molecule has 1 aromatic carbocycles. The Bertz CT molecular complexity index is 670. The highest BCUT2D eigenvalue weighted by atomic mass is 16.5. The predicted molar refractivity (Wildman–Crippen MR) is 101 cm³/mol. The van der Waals surface area contributed by atoms with E-state index in [-0.39, 0.29) is 17.7 Å². The van der Waals surface area contributed by atoms with Crippen LogP contribution in [0.4, 0.5) is 0 Å². The van der Waals surface area contributed by atoms with Gasteiger partial charge >= 0.3 is 0 Å². The van der Waals surface area contributed by atoms with Crippen molar-refractivity contribution < 1.29 is 19.1 Å². The van der Waals surface area contributed by atoms with Gasteiger partial charge in [0.1, 0.15) is 0 Å². The summed E-state index contributed by atoms with van der Waals surface area (Å²) in [7, 11) is 1.59. The minimum absolute atomic E-state index is 0.116. The number of carbonyl (C=O) groups is 2. The van der Waals surface area contributed by atoms with E-state index in [1.165, 1.54) is 6.08 Å². The number of rotatable bonds is 7. The van der Waals surface area contributed by atoms with Gasteiger partial charge in [-0.25, -0.2) is 0 Å². The Morgan fingerprint density at radius 3 is 2.77 bits per heavy atom. The summed E-state index contributed by atoms with van der Waals surface area (Å²) in [5, 5.41) is 0. The van der Waals surface area contributed by atoms with Gasteiger partial charge in [-0.15, -0.1) is 0 Å². The summed E-state index contributed by atoms with van der Waals surface area (Å²) < 4.78 is 11.1. The summed E-state index contributed by atoms with van der Waals surface area (Å²) >= 11 is 0. The standard InChI is InChI=1S/C20H28N2O4/c1-14(2)13-26-17-8-6-15(11-18(17)25-3)7-9-19(23)22-10-4-5-16(12-22)20(21)24/h6-9,11,14,16H,4-5,10,12-13H2,1-3H3,(H2,21,24). The highest BCUT2D eigenvalue weighted by Gasteiger charge is 2.25. The van der Waals surface area contributed by atoms with Crippen molar-refractivity contribution in [3.8, 4) is 11.5 Å². The van der Waals surface area contributed by atoms with Crippen molar-refractivity contribution in [1.82, 2.24) is 4.90 Å². The van der Waals surface area contributed by atoms with Crippen LogP contribution in [0, 0.1) is 11.8 Å². The Hall–Kier alpha value is -2.50. The Kier molecular flexibility index (Phi) is 7.06. The minimum atomic E-state index is -0.340. The number of nitrogens with two attached hydrogens (primary N) is 1. The summed E-state index contributed by atoms with van der Waals surface area (Å²) in [5.41, 5.74) is 6.21. The fraction of sp³-hybridized carbons (Fsp3) is 0.500. The van der Waals surface area contributed by atoms with Crippen molar-refractivity contribution in [1.29, 1.82) is 0 Å². The maximum absolute atomic E-state index is 12.4. The number of ether oxygens (including phenoxy) is 2. The lowest BCUT2D eigenvalue weighted by Crippen LogP contribution is -2.43. The number of likely N-dealkylation sites (tertiary alicyclic amines) is 1. The number of hydrogen-bond donors (Lipinski definition) is 1. The Balaban J connectivity index is 2.02. The van der Waals surface area contributed by atoms with Gasteiger partial charge in [-0.1, -0.05) is 19.9 Å². The van der Waals surface area contributed by atoms with Gasteiger partial charge in [0.2, 0.25) is 11.8 Å². The van der Waals surface area contributed by atoms with Crippen LogP contribution in [0.25, 0.3) is 6.08 Å². The fourth-order valence-corrected chi connectivity index (χ4v) is 2.85. The Morgan fingerprint density at radius 2 is 2.12 bits per heavy atom. The van der Waals surface area contributed by atoms with Gasteiger partial charge in [0.25, 0.3) is 0 Å². The van der Waals surface area contributed by atoms with E-state index in [1.807, 2.05) is 18.2 Å². The molecule has 0 saturated carbocycles. The molecule has 1 fully saturated rings. The zero-order valence-corrected chi connectivity index (χ0v) is 15.7. The first-order valence-corrected chi connectivity index (χ1v) is 8.97. The van der Waals surface area contributed by atoms with Gasteiger partial charge in [0.15, 0.2) is 11.5 Å². The second kappa shape index (κ2) is 9.27. The van der Waals surface area contributed by atoms with Crippen molar-refractivity contribution in [2.45, 2.75) is 26.7 Å². The van der Waals surface area contributed by atoms with E-state index in [0.29, 0.717) is 37.1 Å². The van der Waals surface area contributed by atoms with Crippen LogP contribution in [0.5, 0.6) is 11.5 Å². The van der Waals surface area contributed by atoms with E-state index in [2.05, 4.69) is 13.8 Å².